The molecule has 124 valence electrons. The molecule has 0 saturated heterocycles. The first kappa shape index (κ1) is 27.2. The van der Waals surface area contributed by atoms with Crippen LogP contribution in [0.4, 0.5) is 9.59 Å². The van der Waals surface area contributed by atoms with Crippen molar-refractivity contribution in [3.05, 3.63) is 35.9 Å². The van der Waals surface area contributed by atoms with Crippen LogP contribution in [-0.2, 0) is 0 Å². The van der Waals surface area contributed by atoms with Crippen LogP contribution in [0.25, 0.3) is 0 Å². The summed E-state index contributed by atoms with van der Waals surface area (Å²) < 4.78 is 0. The van der Waals surface area contributed by atoms with Gasteiger partial charge in [0, 0.05) is 0 Å². The van der Waals surface area contributed by atoms with Crippen LogP contribution in [0.5, 0.6) is 0 Å². The second-order valence-electron chi connectivity index (χ2n) is 3.71. The fourth-order valence-electron chi connectivity index (χ4n) is 0.534. The average Bonchev–Trinajstić information content (AvgIpc) is 2.30. The van der Waals surface area contributed by atoms with Gasteiger partial charge in [-0.15, -0.1) is 0 Å². The van der Waals surface area contributed by atoms with Gasteiger partial charge >= 0.3 is 0 Å². The number of nitrogens with two attached hydrogens (primary N) is 2. The molecule has 0 atom stereocenters. The molecule has 1 rings (SSSR count). The molecule has 0 radical (unpaired) electrons. The lowest BCUT2D eigenvalue weighted by Crippen LogP contribution is -2.29. The van der Waals surface area contributed by atoms with Crippen LogP contribution in [0, 0.1) is 6.92 Å². The molecule has 21 heavy (non-hydrogen) atoms. The van der Waals surface area contributed by atoms with Gasteiger partial charge in [-0.05, 0) is 6.92 Å². The van der Waals surface area contributed by atoms with Gasteiger partial charge in [-0.1, -0.05) is 76.4 Å². The van der Waals surface area contributed by atoms with Crippen LogP contribution in [0.1, 0.15) is 46.1 Å². The Morgan fingerprint density at radius 3 is 1.14 bits per heavy atom. The predicted octanol–water partition coefficient (Wildman–Crippen LogP) is 1.40. The van der Waals surface area contributed by atoms with E-state index in [9.17, 15) is 0 Å². The minimum Gasteiger partial charge on any atom is -0.530 e. The summed E-state index contributed by atoms with van der Waals surface area (Å²) >= 11 is 0. The normalized spacial score (nSPS) is 6.90. The van der Waals surface area contributed by atoms with E-state index >= 15 is 0 Å². The minimum absolute atomic E-state index is 1.25. The predicted molar refractivity (Wildman–Crippen MR) is 82.3 cm³/mol. The second-order valence-corrected chi connectivity index (χ2v) is 3.71. The second kappa shape index (κ2) is 26.3. The number of primary amides is 2. The Hall–Kier alpha value is -2.24. The van der Waals surface area contributed by atoms with Crippen molar-refractivity contribution in [2.45, 2.75) is 47.5 Å². The summed E-state index contributed by atoms with van der Waals surface area (Å²) in [6, 6.07) is 10.3. The fraction of sp³-hybridized carbons (Fsp3) is 0.467. The maximum Gasteiger partial charge on any atom is 0.131 e. The smallest absolute Gasteiger partial charge is 0.131 e. The molecular formula is C15H28N2O4-2. The van der Waals surface area contributed by atoms with Crippen molar-refractivity contribution in [3.63, 3.8) is 0 Å². The lowest BCUT2D eigenvalue weighted by molar-refractivity contribution is -0.246. The van der Waals surface area contributed by atoms with E-state index in [-0.39, 0.29) is 0 Å². The first-order chi connectivity index (χ1) is 9.69. The molecule has 6 heteroatoms. The number of carboxylic acid groups (broad SMARTS) is 2. The van der Waals surface area contributed by atoms with Gasteiger partial charge in [0.25, 0.3) is 0 Å². The molecule has 0 unspecified atom stereocenters. The van der Waals surface area contributed by atoms with E-state index in [0.29, 0.717) is 0 Å². The number of benzene rings is 1. The number of rotatable bonds is 0. The van der Waals surface area contributed by atoms with Gasteiger partial charge in [-0.25, -0.2) is 0 Å². The molecule has 0 aromatic heterocycles. The Bertz CT molecular complexity index is 295. The zero-order valence-corrected chi connectivity index (χ0v) is 13.6. The molecule has 0 aliphatic heterocycles. The van der Waals surface area contributed by atoms with Crippen molar-refractivity contribution >= 4 is 12.2 Å². The highest BCUT2D eigenvalue weighted by Gasteiger charge is 1.72. The third-order valence-corrected chi connectivity index (χ3v) is 0.940. The number of amides is 2. The van der Waals surface area contributed by atoms with E-state index in [0.717, 1.165) is 0 Å². The highest BCUT2D eigenvalue weighted by atomic mass is 16.4. The molecule has 0 bridgehead atoms. The van der Waals surface area contributed by atoms with E-state index in [1.807, 2.05) is 18.2 Å². The summed E-state index contributed by atoms with van der Waals surface area (Å²) in [6.45, 7) is 10.6. The number of aryl methyl sites for hydroxylation is 1. The van der Waals surface area contributed by atoms with Crippen LogP contribution >= 0.6 is 0 Å². The van der Waals surface area contributed by atoms with Crippen molar-refractivity contribution in [1.82, 2.24) is 0 Å². The van der Waals surface area contributed by atoms with Crippen molar-refractivity contribution in [3.8, 4) is 0 Å². The van der Waals surface area contributed by atoms with Gasteiger partial charge in [0.05, 0.1) is 0 Å². The maximum absolute atomic E-state index is 8.67. The van der Waals surface area contributed by atoms with E-state index in [4.69, 9.17) is 19.8 Å². The van der Waals surface area contributed by atoms with Gasteiger partial charge in [0.15, 0.2) is 0 Å². The lowest BCUT2D eigenvalue weighted by atomic mass is 10.2. The number of carbonyl (C=O) groups is 2. The Labute approximate surface area is 127 Å². The van der Waals surface area contributed by atoms with Crippen molar-refractivity contribution in [1.29, 1.82) is 0 Å². The summed E-state index contributed by atoms with van der Waals surface area (Å²) in [5.74, 6) is 0. The zero-order chi connectivity index (χ0) is 17.7. The summed E-state index contributed by atoms with van der Waals surface area (Å²) in [4.78, 5) is 17.3. The minimum atomic E-state index is -1.58. The van der Waals surface area contributed by atoms with Gasteiger partial charge < -0.3 is 31.3 Å². The summed E-state index contributed by atoms with van der Waals surface area (Å²) in [5, 5.41) is 17.3. The Morgan fingerprint density at radius 2 is 1.05 bits per heavy atom. The van der Waals surface area contributed by atoms with Gasteiger partial charge in [-0.3, -0.25) is 0 Å². The monoisotopic (exact) mass is 300 g/mol. The van der Waals surface area contributed by atoms with E-state index in [1.165, 1.54) is 18.4 Å². The average molecular weight is 300 g/mol. The molecule has 1 aromatic carbocycles. The van der Waals surface area contributed by atoms with Gasteiger partial charge in [-0.2, -0.15) is 0 Å². The Balaban J connectivity index is -0.0000000914. The number of carbonyl (C=O) groups excluding carboxylic acids is 2. The molecule has 0 saturated carbocycles. The van der Waals surface area contributed by atoms with Gasteiger partial charge in [0.1, 0.15) is 12.2 Å². The maximum atomic E-state index is 8.67. The molecular weight excluding hydrogens is 272 g/mol. The molecule has 0 aliphatic rings. The van der Waals surface area contributed by atoms with Crippen LogP contribution in [0.2, 0.25) is 0 Å². The molecule has 0 heterocycles. The molecule has 0 fully saturated rings. The number of hydrogen-bond acceptors (Lipinski definition) is 4. The first-order valence-electron chi connectivity index (χ1n) is 6.63. The highest BCUT2D eigenvalue weighted by molar-refractivity contribution is 5.59. The van der Waals surface area contributed by atoms with E-state index < -0.39 is 12.2 Å². The quantitative estimate of drug-likeness (QED) is 0.749. The summed E-state index contributed by atoms with van der Waals surface area (Å²) in [7, 11) is 0. The van der Waals surface area contributed by atoms with Gasteiger partial charge in [0.2, 0.25) is 0 Å². The zero-order valence-electron chi connectivity index (χ0n) is 13.6. The molecule has 6 nitrogen and oxygen atoms in total. The first-order valence-corrected chi connectivity index (χ1v) is 6.63. The SMILES string of the molecule is CCC.CCC.Cc1ccccc1.NC(=O)[O-].NC(=O)[O-]. The molecule has 0 aliphatic carbocycles. The molecule has 4 N–H and O–H groups in total. The third kappa shape index (κ3) is 133. The third-order valence-electron chi connectivity index (χ3n) is 0.940. The summed E-state index contributed by atoms with van der Waals surface area (Å²) in [6.07, 6.45) is -0.667. The van der Waals surface area contributed by atoms with E-state index in [1.54, 1.807) is 0 Å². The fourth-order valence-corrected chi connectivity index (χ4v) is 0.534. The van der Waals surface area contributed by atoms with Crippen LogP contribution in [0.15, 0.2) is 30.3 Å². The van der Waals surface area contributed by atoms with Crippen LogP contribution in [-0.4, -0.2) is 12.2 Å². The number of hydrogen-bond donors (Lipinski definition) is 2. The van der Waals surface area contributed by atoms with Crippen molar-refractivity contribution in [2.24, 2.45) is 11.5 Å². The topological polar surface area (TPSA) is 132 Å². The Morgan fingerprint density at radius 1 is 0.857 bits per heavy atom. The molecule has 2 amide bonds. The largest absolute Gasteiger partial charge is 0.530 e. The van der Waals surface area contributed by atoms with Crippen molar-refractivity contribution in [2.75, 3.05) is 0 Å². The van der Waals surface area contributed by atoms with Crippen molar-refractivity contribution < 1.29 is 19.8 Å². The standard InChI is InChI=1S/C7H8.2C3H8.2CH3NO2/c1-7-5-3-2-4-6-7;2*1-3-2;2*2-1(3)4/h2-6H,1H3;2*3H2,1-2H3;2*2H2,(H,3,4)/p-2. The van der Waals surface area contributed by atoms with E-state index in [2.05, 4.69) is 58.2 Å². The summed E-state index contributed by atoms with van der Waals surface area (Å²) in [5.41, 5.74) is 9.16. The highest BCUT2D eigenvalue weighted by Crippen LogP contribution is 1.92. The molecule has 0 spiro atoms. The Kier molecular flexibility index (Phi) is 34.1. The lowest BCUT2D eigenvalue weighted by Gasteiger charge is -1.82. The molecule has 1 aromatic rings. The van der Waals surface area contributed by atoms with Crippen LogP contribution in [0.3, 0.4) is 0 Å². The van der Waals surface area contributed by atoms with Crippen LogP contribution < -0.4 is 21.7 Å².